The van der Waals surface area contributed by atoms with Crippen LogP contribution < -0.4 is 29.6 Å². The molecule has 0 N–H and O–H groups in total. The fourth-order valence-corrected chi connectivity index (χ4v) is 2.77. The maximum absolute atomic E-state index is 12.3. The predicted octanol–water partition coefficient (Wildman–Crippen LogP) is -2.40. The van der Waals surface area contributed by atoms with Gasteiger partial charge >= 0.3 is 41.8 Å². The fraction of sp³-hybridized carbons (Fsp3) is 0.875. The molecule has 12 heteroatoms. The number of hydrogen-bond acceptors (Lipinski definition) is 5. The Morgan fingerprint density at radius 2 is 1.95 bits per heavy atom. The molecule has 2 heterocycles. The molecule has 0 aromatic heterocycles. The van der Waals surface area contributed by atoms with E-state index in [1.54, 1.807) is 0 Å². The molecule has 2 bridgehead atoms. The third-order valence-corrected chi connectivity index (χ3v) is 3.43. The Morgan fingerprint density at radius 3 is 2.45 bits per heavy atom. The largest absolute Gasteiger partial charge is 1.00 e. The molecular formula is C8H10F3N2NaO5S. The van der Waals surface area contributed by atoms with Gasteiger partial charge in [0, 0.05) is 12.6 Å². The molecule has 2 rings (SSSR count). The van der Waals surface area contributed by atoms with Crippen molar-refractivity contribution in [3.8, 4) is 0 Å². The first kappa shape index (κ1) is 18.0. The fourth-order valence-electron chi connectivity index (χ4n) is 2.39. The van der Waals surface area contributed by atoms with Crippen LogP contribution in [0.1, 0.15) is 19.3 Å². The Hall–Kier alpha value is -0.0700. The Morgan fingerprint density at radius 1 is 1.35 bits per heavy atom. The summed E-state index contributed by atoms with van der Waals surface area (Å²) in [5, 5.41) is 0.360. The smallest absolute Gasteiger partial charge is 0.724 e. The number of piperidine rings is 1. The van der Waals surface area contributed by atoms with Crippen molar-refractivity contribution in [2.45, 2.75) is 37.5 Å². The van der Waals surface area contributed by atoms with Crippen LogP contribution >= 0.6 is 0 Å². The molecule has 0 spiro atoms. The molecule has 7 nitrogen and oxygen atoms in total. The SMILES string of the molecule is O=C1N2C[C@@H](CC[C@H]2CC(F)(F)F)N1OS(=O)(=O)[O-].[Na+]. The van der Waals surface area contributed by atoms with Gasteiger partial charge in [-0.05, 0) is 12.8 Å². The summed E-state index contributed by atoms with van der Waals surface area (Å²) < 4.78 is 72.4. The molecule has 0 aliphatic carbocycles. The third-order valence-electron chi connectivity index (χ3n) is 3.09. The number of urea groups is 1. The molecule has 20 heavy (non-hydrogen) atoms. The summed E-state index contributed by atoms with van der Waals surface area (Å²) in [7, 11) is -5.13. The Kier molecular flexibility index (Phi) is 5.37. The number of fused-ring (bicyclic) bond motifs is 2. The zero-order valence-electron chi connectivity index (χ0n) is 10.5. The predicted molar refractivity (Wildman–Crippen MR) is 52.2 cm³/mol. The van der Waals surface area contributed by atoms with Gasteiger partial charge in [-0.2, -0.15) is 22.5 Å². The molecule has 2 fully saturated rings. The van der Waals surface area contributed by atoms with Gasteiger partial charge in [-0.25, -0.2) is 13.2 Å². The molecule has 2 aliphatic rings. The Labute approximate surface area is 135 Å². The van der Waals surface area contributed by atoms with Crippen molar-refractivity contribution in [1.29, 1.82) is 0 Å². The van der Waals surface area contributed by atoms with Crippen LogP contribution in [0.4, 0.5) is 18.0 Å². The summed E-state index contributed by atoms with van der Waals surface area (Å²) in [5.41, 5.74) is 0. The summed E-state index contributed by atoms with van der Waals surface area (Å²) in [5.74, 6) is 0. The average molecular weight is 326 g/mol. The minimum Gasteiger partial charge on any atom is -0.724 e. The zero-order chi connectivity index (χ0) is 14.4. The number of hydrogen-bond donors (Lipinski definition) is 0. The topological polar surface area (TPSA) is 90.0 Å². The number of amides is 2. The summed E-state index contributed by atoms with van der Waals surface area (Å²) in [4.78, 5) is 12.6. The van der Waals surface area contributed by atoms with Crippen molar-refractivity contribution in [1.82, 2.24) is 9.96 Å². The minimum atomic E-state index is -5.13. The van der Waals surface area contributed by atoms with Gasteiger partial charge in [0.05, 0.1) is 12.5 Å². The maximum atomic E-state index is 12.3. The van der Waals surface area contributed by atoms with E-state index < -0.39 is 41.1 Å². The van der Waals surface area contributed by atoms with E-state index in [1.165, 1.54) is 0 Å². The molecule has 2 amide bonds. The molecule has 110 valence electrons. The second-order valence-electron chi connectivity index (χ2n) is 4.45. The van der Waals surface area contributed by atoms with E-state index in [0.717, 1.165) is 4.90 Å². The van der Waals surface area contributed by atoms with E-state index in [9.17, 15) is 30.9 Å². The van der Waals surface area contributed by atoms with Gasteiger partial charge in [-0.15, -0.1) is 0 Å². The first-order valence-electron chi connectivity index (χ1n) is 5.39. The molecule has 0 aromatic carbocycles. The van der Waals surface area contributed by atoms with Crippen LogP contribution in [0.2, 0.25) is 0 Å². The monoisotopic (exact) mass is 326 g/mol. The molecule has 2 saturated heterocycles. The number of hydroxylamine groups is 2. The summed E-state index contributed by atoms with van der Waals surface area (Å²) in [6.07, 6.45) is -5.35. The van der Waals surface area contributed by atoms with Gasteiger partial charge in [-0.3, -0.25) is 0 Å². The number of halogens is 3. The number of rotatable bonds is 3. The van der Waals surface area contributed by atoms with Gasteiger partial charge < -0.3 is 9.45 Å². The van der Waals surface area contributed by atoms with Crippen molar-refractivity contribution in [3.05, 3.63) is 0 Å². The van der Waals surface area contributed by atoms with Crippen LogP contribution in [0.3, 0.4) is 0 Å². The van der Waals surface area contributed by atoms with Gasteiger partial charge in [0.15, 0.2) is 0 Å². The van der Waals surface area contributed by atoms with Crippen LogP contribution in [0.5, 0.6) is 0 Å². The normalized spacial score (nSPS) is 26.7. The van der Waals surface area contributed by atoms with E-state index in [0.29, 0.717) is 5.06 Å². The van der Waals surface area contributed by atoms with Crippen LogP contribution in [0, 0.1) is 0 Å². The Balaban J connectivity index is 0.00000200. The van der Waals surface area contributed by atoms with E-state index in [1.807, 2.05) is 0 Å². The van der Waals surface area contributed by atoms with Crippen molar-refractivity contribution >= 4 is 16.4 Å². The molecular weight excluding hydrogens is 316 g/mol. The standard InChI is InChI=1S/C8H11F3N2O5S.Na/c9-8(10,11)3-5-1-2-6-4-12(5)7(14)13(6)18-19(15,16)17;/h5-6H,1-4H2,(H,15,16,17);/q;+1/p-1/t5-,6+;/m0./s1. The molecule has 0 unspecified atom stereocenters. The van der Waals surface area contributed by atoms with Crippen LogP contribution in [-0.4, -0.2) is 53.8 Å². The van der Waals surface area contributed by atoms with Crippen molar-refractivity contribution in [3.63, 3.8) is 0 Å². The second-order valence-corrected chi connectivity index (χ2v) is 5.41. The van der Waals surface area contributed by atoms with Crippen molar-refractivity contribution < 1.29 is 64.8 Å². The summed E-state index contributed by atoms with van der Waals surface area (Å²) in [6, 6.07) is -2.77. The van der Waals surface area contributed by atoms with Crippen molar-refractivity contribution in [2.75, 3.05) is 6.54 Å². The zero-order valence-corrected chi connectivity index (χ0v) is 13.3. The van der Waals surface area contributed by atoms with E-state index in [2.05, 4.69) is 4.28 Å². The van der Waals surface area contributed by atoms with Gasteiger partial charge in [0.2, 0.25) is 10.4 Å². The number of carbonyl (C=O) groups is 1. The van der Waals surface area contributed by atoms with Crippen LogP contribution in [0.15, 0.2) is 0 Å². The van der Waals surface area contributed by atoms with Crippen LogP contribution in [-0.2, 0) is 14.7 Å². The summed E-state index contributed by atoms with van der Waals surface area (Å²) >= 11 is 0. The molecule has 2 aliphatic heterocycles. The number of nitrogens with zero attached hydrogens (tertiary/aromatic N) is 2. The minimum absolute atomic E-state index is 0. The van der Waals surface area contributed by atoms with Gasteiger partial charge in [0.25, 0.3) is 0 Å². The molecule has 0 aromatic rings. The number of carbonyl (C=O) groups excluding carboxylic acids is 1. The molecule has 0 saturated carbocycles. The Bertz CT molecular complexity index is 485. The summed E-state index contributed by atoms with van der Waals surface area (Å²) in [6.45, 7) is -0.0743. The van der Waals surface area contributed by atoms with Gasteiger partial charge in [-0.1, -0.05) is 0 Å². The molecule has 0 radical (unpaired) electrons. The third kappa shape index (κ3) is 4.21. The molecule has 2 atom stereocenters. The van der Waals surface area contributed by atoms with Gasteiger partial charge in [0.1, 0.15) is 0 Å². The van der Waals surface area contributed by atoms with E-state index in [-0.39, 0.29) is 48.9 Å². The first-order valence-corrected chi connectivity index (χ1v) is 6.72. The van der Waals surface area contributed by atoms with E-state index >= 15 is 0 Å². The van der Waals surface area contributed by atoms with E-state index in [4.69, 9.17) is 0 Å². The maximum Gasteiger partial charge on any atom is 1.00 e. The van der Waals surface area contributed by atoms with Crippen molar-refractivity contribution in [2.24, 2.45) is 0 Å². The quantitative estimate of drug-likeness (QED) is 0.328. The van der Waals surface area contributed by atoms with Crippen LogP contribution in [0.25, 0.3) is 0 Å². The second kappa shape index (κ2) is 5.97. The number of alkyl halides is 3. The average Bonchev–Trinajstić information content (AvgIpc) is 2.44. The first-order chi connectivity index (χ1) is 8.57.